The van der Waals surface area contributed by atoms with E-state index in [4.69, 9.17) is 19.3 Å². The molecule has 8 heteroatoms. The van der Waals surface area contributed by atoms with E-state index in [1.54, 1.807) is 13.2 Å². The van der Waals surface area contributed by atoms with E-state index in [1.807, 2.05) is 30.5 Å². The molecule has 0 spiro atoms. The Bertz CT molecular complexity index is 767. The van der Waals surface area contributed by atoms with Crippen molar-refractivity contribution in [2.24, 2.45) is 0 Å². The van der Waals surface area contributed by atoms with Gasteiger partial charge in [0.15, 0.2) is 12.3 Å². The summed E-state index contributed by atoms with van der Waals surface area (Å²) in [5.41, 5.74) is 1.38. The molecule has 3 rings (SSSR count). The number of nitrogens with one attached hydrogen (secondary N) is 1. The zero-order valence-electron chi connectivity index (χ0n) is 13.1. The number of hydrogen-bond donors (Lipinski definition) is 1. The molecule has 0 saturated carbocycles. The Kier molecular flexibility index (Phi) is 4.63. The number of benzene rings is 1. The Morgan fingerprint density at radius 1 is 1.50 bits per heavy atom. The average molecular weight is 328 g/mol. The third-order valence-corrected chi connectivity index (χ3v) is 3.62. The van der Waals surface area contributed by atoms with Crippen LogP contribution in [0.3, 0.4) is 0 Å². The van der Waals surface area contributed by atoms with Gasteiger partial charge >= 0.3 is 0 Å². The highest BCUT2D eigenvalue weighted by molar-refractivity contribution is 5.93. The number of morpholine rings is 1. The van der Waals surface area contributed by atoms with Crippen LogP contribution in [0.2, 0.25) is 0 Å². The predicted molar refractivity (Wildman–Crippen MR) is 84.0 cm³/mol. The van der Waals surface area contributed by atoms with Crippen molar-refractivity contribution in [3.63, 3.8) is 0 Å². The maximum atomic E-state index is 12.2. The molecule has 24 heavy (non-hydrogen) atoms. The number of carbonyl (C=O) groups excluding carboxylic acids is 1. The second-order valence-electron chi connectivity index (χ2n) is 5.20. The number of aromatic nitrogens is 1. The summed E-state index contributed by atoms with van der Waals surface area (Å²) in [6.07, 6.45) is 1.30. The molecule has 1 aromatic carbocycles. The van der Waals surface area contributed by atoms with Gasteiger partial charge in [0.25, 0.3) is 5.91 Å². The molecule has 1 atom stereocenters. The Balaban J connectivity index is 1.67. The molecule has 0 radical (unpaired) electrons. The van der Waals surface area contributed by atoms with Gasteiger partial charge in [0.2, 0.25) is 5.88 Å². The summed E-state index contributed by atoms with van der Waals surface area (Å²) >= 11 is 0. The summed E-state index contributed by atoms with van der Waals surface area (Å²) < 4.78 is 15.7. The average Bonchev–Trinajstić information content (AvgIpc) is 3.10. The van der Waals surface area contributed by atoms with Gasteiger partial charge in [-0.05, 0) is 12.1 Å². The predicted octanol–water partition coefficient (Wildman–Crippen LogP) is 1.47. The second kappa shape index (κ2) is 7.02. The first-order chi connectivity index (χ1) is 11.7. The molecule has 1 aliphatic rings. The quantitative estimate of drug-likeness (QED) is 0.848. The molecule has 8 nitrogen and oxygen atoms in total. The van der Waals surface area contributed by atoms with Crippen LogP contribution < -0.4 is 10.1 Å². The van der Waals surface area contributed by atoms with E-state index >= 15 is 0 Å². The Hall–Kier alpha value is -3.05. The molecular formula is C16H16N4O4. The first kappa shape index (κ1) is 15.8. The molecule has 1 amide bonds. The standard InChI is InChI=1S/C16H16N4O4/c1-22-12-4-2-3-11(7-12)13-8-15(24-19-13)18-16(21)14-9-20(10-17)5-6-23-14/h2-4,7-8,14H,5-6,9H2,1H3,(H,18,21). The maximum absolute atomic E-state index is 12.2. The Morgan fingerprint density at radius 3 is 3.17 bits per heavy atom. The fraction of sp³-hybridized carbons (Fsp3) is 0.312. The summed E-state index contributed by atoms with van der Waals surface area (Å²) in [6, 6.07) is 8.97. The van der Waals surface area contributed by atoms with Crippen LogP contribution in [-0.2, 0) is 9.53 Å². The first-order valence-corrected chi connectivity index (χ1v) is 7.38. The number of ether oxygens (including phenoxy) is 2. The third kappa shape index (κ3) is 3.47. The van der Waals surface area contributed by atoms with Crippen molar-refractivity contribution in [3.05, 3.63) is 30.3 Å². The minimum absolute atomic E-state index is 0.218. The lowest BCUT2D eigenvalue weighted by Crippen LogP contribution is -2.45. The van der Waals surface area contributed by atoms with Crippen LogP contribution in [0.15, 0.2) is 34.9 Å². The van der Waals surface area contributed by atoms with E-state index in [-0.39, 0.29) is 18.3 Å². The van der Waals surface area contributed by atoms with E-state index in [0.29, 0.717) is 24.6 Å². The molecule has 1 fully saturated rings. The van der Waals surface area contributed by atoms with Gasteiger partial charge in [0.05, 0.1) is 26.8 Å². The Morgan fingerprint density at radius 2 is 2.38 bits per heavy atom. The van der Waals surface area contributed by atoms with E-state index in [9.17, 15) is 4.79 Å². The van der Waals surface area contributed by atoms with Gasteiger partial charge in [0, 0.05) is 11.6 Å². The van der Waals surface area contributed by atoms with Gasteiger partial charge in [0.1, 0.15) is 11.4 Å². The third-order valence-electron chi connectivity index (χ3n) is 3.62. The number of carbonyl (C=O) groups is 1. The number of anilines is 1. The maximum Gasteiger partial charge on any atom is 0.257 e. The first-order valence-electron chi connectivity index (χ1n) is 7.38. The highest BCUT2D eigenvalue weighted by Crippen LogP contribution is 2.25. The second-order valence-corrected chi connectivity index (χ2v) is 5.20. The summed E-state index contributed by atoms with van der Waals surface area (Å²) in [5.74, 6) is 0.548. The molecule has 2 heterocycles. The fourth-order valence-corrected chi connectivity index (χ4v) is 2.35. The van der Waals surface area contributed by atoms with Crippen LogP contribution in [0.4, 0.5) is 5.88 Å². The van der Waals surface area contributed by atoms with Crippen molar-refractivity contribution < 1.29 is 18.8 Å². The zero-order valence-corrected chi connectivity index (χ0v) is 13.1. The van der Waals surface area contributed by atoms with E-state index in [1.165, 1.54) is 4.90 Å². The lowest BCUT2D eigenvalue weighted by Gasteiger charge is -2.27. The molecule has 1 unspecified atom stereocenters. The smallest absolute Gasteiger partial charge is 0.257 e. The van der Waals surface area contributed by atoms with Gasteiger partial charge in [-0.3, -0.25) is 10.1 Å². The molecule has 124 valence electrons. The number of rotatable bonds is 4. The molecular weight excluding hydrogens is 312 g/mol. The molecule has 1 aromatic heterocycles. The van der Waals surface area contributed by atoms with Crippen molar-refractivity contribution in [2.75, 3.05) is 32.1 Å². The van der Waals surface area contributed by atoms with E-state index in [2.05, 4.69) is 10.5 Å². The summed E-state index contributed by atoms with van der Waals surface area (Å²) in [4.78, 5) is 13.7. The molecule has 0 bridgehead atoms. The largest absolute Gasteiger partial charge is 0.497 e. The van der Waals surface area contributed by atoms with Gasteiger partial charge in [-0.15, -0.1) is 0 Å². The highest BCUT2D eigenvalue weighted by atomic mass is 16.5. The summed E-state index contributed by atoms with van der Waals surface area (Å²) in [7, 11) is 1.59. The molecule has 1 saturated heterocycles. The number of nitrogens with zero attached hydrogens (tertiary/aromatic N) is 3. The molecule has 1 N–H and O–H groups in total. The fourth-order valence-electron chi connectivity index (χ4n) is 2.35. The summed E-state index contributed by atoms with van der Waals surface area (Å²) in [5, 5.41) is 15.5. The van der Waals surface area contributed by atoms with Crippen LogP contribution in [0.1, 0.15) is 0 Å². The van der Waals surface area contributed by atoms with Crippen molar-refractivity contribution in [1.82, 2.24) is 10.1 Å². The van der Waals surface area contributed by atoms with E-state index < -0.39 is 6.10 Å². The number of hydrogen-bond acceptors (Lipinski definition) is 7. The van der Waals surface area contributed by atoms with Crippen LogP contribution >= 0.6 is 0 Å². The topological polar surface area (TPSA) is 101 Å². The van der Waals surface area contributed by atoms with Crippen molar-refractivity contribution >= 4 is 11.8 Å². The van der Waals surface area contributed by atoms with E-state index in [0.717, 1.165) is 5.56 Å². The lowest BCUT2D eigenvalue weighted by atomic mass is 10.1. The minimum Gasteiger partial charge on any atom is -0.497 e. The van der Waals surface area contributed by atoms with Crippen molar-refractivity contribution in [1.29, 1.82) is 5.26 Å². The highest BCUT2D eigenvalue weighted by Gasteiger charge is 2.27. The Labute approximate surface area is 138 Å². The number of methoxy groups -OCH3 is 1. The van der Waals surface area contributed by atoms with Crippen LogP contribution in [0.25, 0.3) is 11.3 Å². The molecule has 2 aromatic rings. The molecule has 1 aliphatic heterocycles. The van der Waals surface area contributed by atoms with Crippen LogP contribution in [-0.4, -0.2) is 48.9 Å². The summed E-state index contributed by atoms with van der Waals surface area (Å²) in [6.45, 7) is 1.04. The monoisotopic (exact) mass is 328 g/mol. The van der Waals surface area contributed by atoms with Crippen molar-refractivity contribution in [2.45, 2.75) is 6.10 Å². The SMILES string of the molecule is COc1cccc(-c2cc(NC(=O)C3CN(C#N)CCO3)on2)c1. The van der Waals surface area contributed by atoms with Gasteiger partial charge in [-0.25, -0.2) is 0 Å². The minimum atomic E-state index is -0.719. The van der Waals surface area contributed by atoms with Crippen LogP contribution in [0, 0.1) is 11.5 Å². The van der Waals surface area contributed by atoms with Gasteiger partial charge in [-0.2, -0.15) is 5.26 Å². The number of nitriles is 1. The molecule has 0 aliphatic carbocycles. The van der Waals surface area contributed by atoms with Gasteiger partial charge in [-0.1, -0.05) is 17.3 Å². The zero-order chi connectivity index (χ0) is 16.9. The number of amides is 1. The van der Waals surface area contributed by atoms with Crippen molar-refractivity contribution in [3.8, 4) is 23.2 Å². The van der Waals surface area contributed by atoms with Gasteiger partial charge < -0.3 is 18.9 Å². The lowest BCUT2D eigenvalue weighted by molar-refractivity contribution is -0.131. The normalized spacial score (nSPS) is 17.2. The van der Waals surface area contributed by atoms with Crippen LogP contribution in [0.5, 0.6) is 5.75 Å².